The van der Waals surface area contributed by atoms with Crippen molar-refractivity contribution < 1.29 is 0 Å². The van der Waals surface area contributed by atoms with E-state index in [1.807, 2.05) is 25.2 Å². The predicted molar refractivity (Wildman–Crippen MR) is 59.2 cm³/mol. The number of rotatable bonds is 2. The van der Waals surface area contributed by atoms with Crippen LogP contribution in [0.15, 0.2) is 23.9 Å². The molecular weight excluding hydrogens is 158 g/mol. The molecule has 0 aliphatic heterocycles. The van der Waals surface area contributed by atoms with Crippen LogP contribution in [0.25, 0.3) is 0 Å². The molecule has 72 valence electrons. The van der Waals surface area contributed by atoms with E-state index >= 15 is 0 Å². The average molecular weight is 177 g/mol. The summed E-state index contributed by atoms with van der Waals surface area (Å²) in [5.74, 6) is 2.59. The lowest BCUT2D eigenvalue weighted by Gasteiger charge is -2.24. The Labute approximate surface area is 82.1 Å². The van der Waals surface area contributed by atoms with Gasteiger partial charge in [-0.25, -0.2) is 0 Å². The summed E-state index contributed by atoms with van der Waals surface area (Å²) < 4.78 is 0. The molecule has 0 fully saturated rings. The molecule has 0 spiro atoms. The lowest BCUT2D eigenvalue weighted by molar-refractivity contribution is 0.480. The maximum absolute atomic E-state index is 5.34. The molecule has 1 nitrogen and oxygen atoms in total. The number of hydrogen-bond donors (Lipinski definition) is 0. The third kappa shape index (κ3) is 3.85. The molecule has 0 heterocycles. The summed E-state index contributed by atoms with van der Waals surface area (Å²) in [6, 6.07) is 0. The third-order valence-corrected chi connectivity index (χ3v) is 1.69. The summed E-state index contributed by atoms with van der Waals surface area (Å²) in [6.45, 7) is 10.3. The molecule has 0 unspecified atom stereocenters. The summed E-state index contributed by atoms with van der Waals surface area (Å²) in [4.78, 5) is 1.99. The van der Waals surface area contributed by atoms with Gasteiger partial charge in [0.15, 0.2) is 0 Å². The van der Waals surface area contributed by atoms with Crippen LogP contribution >= 0.6 is 0 Å². The Hall–Kier alpha value is -1.16. The van der Waals surface area contributed by atoms with Crippen molar-refractivity contribution in [1.82, 2.24) is 4.90 Å². The van der Waals surface area contributed by atoms with Crippen LogP contribution in [0.5, 0.6) is 0 Å². The van der Waals surface area contributed by atoms with E-state index < -0.39 is 0 Å². The molecule has 0 saturated heterocycles. The molecular formula is C12H19N. The van der Waals surface area contributed by atoms with Crippen LogP contribution in [0.2, 0.25) is 0 Å². The van der Waals surface area contributed by atoms with E-state index in [2.05, 4.69) is 33.3 Å². The Morgan fingerprint density at radius 3 is 2.08 bits per heavy atom. The molecule has 0 aliphatic rings. The monoisotopic (exact) mass is 177 g/mol. The molecule has 0 aromatic heterocycles. The van der Waals surface area contributed by atoms with Crippen molar-refractivity contribution >= 4 is 0 Å². The highest BCUT2D eigenvalue weighted by Crippen LogP contribution is 2.30. The maximum atomic E-state index is 5.34. The number of terminal acetylenes is 1. The van der Waals surface area contributed by atoms with Crippen molar-refractivity contribution in [3.63, 3.8) is 0 Å². The van der Waals surface area contributed by atoms with Crippen LogP contribution in [-0.2, 0) is 0 Å². The fourth-order valence-corrected chi connectivity index (χ4v) is 1.06. The lowest BCUT2D eigenvalue weighted by atomic mass is 9.83. The van der Waals surface area contributed by atoms with Crippen LogP contribution in [0.3, 0.4) is 0 Å². The fourth-order valence-electron chi connectivity index (χ4n) is 1.06. The Morgan fingerprint density at radius 2 is 1.85 bits per heavy atom. The Kier molecular flexibility index (Phi) is 3.81. The van der Waals surface area contributed by atoms with Crippen LogP contribution in [-0.4, -0.2) is 19.0 Å². The summed E-state index contributed by atoms with van der Waals surface area (Å²) >= 11 is 0. The SMILES string of the molecule is C#CC(=C)/C(=C\N(C)C)C(C)(C)C. The van der Waals surface area contributed by atoms with Gasteiger partial charge in [0.2, 0.25) is 0 Å². The first-order valence-corrected chi connectivity index (χ1v) is 4.33. The highest BCUT2D eigenvalue weighted by molar-refractivity contribution is 5.44. The molecule has 0 rings (SSSR count). The molecule has 0 aromatic carbocycles. The van der Waals surface area contributed by atoms with Crippen molar-refractivity contribution in [3.8, 4) is 12.3 Å². The molecule has 0 aliphatic carbocycles. The van der Waals surface area contributed by atoms with E-state index in [4.69, 9.17) is 6.42 Å². The minimum Gasteiger partial charge on any atom is -0.383 e. The van der Waals surface area contributed by atoms with E-state index in [0.29, 0.717) is 0 Å². The van der Waals surface area contributed by atoms with Gasteiger partial charge in [-0.3, -0.25) is 0 Å². The van der Waals surface area contributed by atoms with E-state index in [-0.39, 0.29) is 5.41 Å². The first-order chi connectivity index (χ1) is 5.79. The van der Waals surface area contributed by atoms with Gasteiger partial charge in [0, 0.05) is 25.9 Å². The van der Waals surface area contributed by atoms with Gasteiger partial charge in [-0.1, -0.05) is 33.3 Å². The average Bonchev–Trinajstić information content (AvgIpc) is 1.96. The second-order valence-corrected chi connectivity index (χ2v) is 4.38. The molecule has 0 saturated carbocycles. The second kappa shape index (κ2) is 4.18. The second-order valence-electron chi connectivity index (χ2n) is 4.38. The first-order valence-electron chi connectivity index (χ1n) is 4.33. The van der Waals surface area contributed by atoms with Crippen molar-refractivity contribution in [1.29, 1.82) is 0 Å². The van der Waals surface area contributed by atoms with Crippen molar-refractivity contribution in [3.05, 3.63) is 23.9 Å². The van der Waals surface area contributed by atoms with Gasteiger partial charge in [0.25, 0.3) is 0 Å². The summed E-state index contributed by atoms with van der Waals surface area (Å²) in [5, 5.41) is 0. The topological polar surface area (TPSA) is 3.24 Å². The molecule has 0 atom stereocenters. The number of allylic oxidation sites excluding steroid dienone is 2. The predicted octanol–water partition coefficient (Wildman–Crippen LogP) is 2.67. The van der Waals surface area contributed by atoms with Gasteiger partial charge in [0.1, 0.15) is 0 Å². The van der Waals surface area contributed by atoms with Gasteiger partial charge in [-0.2, -0.15) is 0 Å². The van der Waals surface area contributed by atoms with E-state index in [1.54, 1.807) is 0 Å². The van der Waals surface area contributed by atoms with Crippen LogP contribution in [0.1, 0.15) is 20.8 Å². The zero-order valence-electron chi connectivity index (χ0n) is 9.31. The number of nitrogens with zero attached hydrogens (tertiary/aromatic N) is 1. The zero-order chi connectivity index (χ0) is 10.6. The Morgan fingerprint density at radius 1 is 1.38 bits per heavy atom. The molecule has 0 radical (unpaired) electrons. The standard InChI is InChI=1S/C12H19N/c1-8-10(2)11(9-13(6)7)12(3,4)5/h1,9H,2H2,3-7H3/b11-9+. The van der Waals surface area contributed by atoms with Crippen LogP contribution < -0.4 is 0 Å². The van der Waals surface area contributed by atoms with Gasteiger partial charge >= 0.3 is 0 Å². The normalized spacial score (nSPS) is 12.2. The molecule has 0 aromatic rings. The quantitative estimate of drug-likeness (QED) is 0.463. The smallest absolute Gasteiger partial charge is 0.0222 e. The van der Waals surface area contributed by atoms with Crippen molar-refractivity contribution in [2.75, 3.05) is 14.1 Å². The van der Waals surface area contributed by atoms with E-state index in [0.717, 1.165) is 11.1 Å². The Balaban J connectivity index is 5.02. The first kappa shape index (κ1) is 11.8. The van der Waals surface area contributed by atoms with Gasteiger partial charge in [-0.05, 0) is 11.0 Å². The highest BCUT2D eigenvalue weighted by Gasteiger charge is 2.18. The van der Waals surface area contributed by atoms with Gasteiger partial charge in [0.05, 0.1) is 0 Å². The van der Waals surface area contributed by atoms with E-state index in [9.17, 15) is 0 Å². The minimum absolute atomic E-state index is 0.0493. The molecule has 0 N–H and O–H groups in total. The summed E-state index contributed by atoms with van der Waals surface area (Å²) in [6.07, 6.45) is 7.37. The number of hydrogen-bond acceptors (Lipinski definition) is 1. The maximum Gasteiger partial charge on any atom is 0.0222 e. The molecule has 0 bridgehead atoms. The van der Waals surface area contributed by atoms with Crippen molar-refractivity contribution in [2.45, 2.75) is 20.8 Å². The Bertz CT molecular complexity index is 256. The third-order valence-electron chi connectivity index (χ3n) is 1.69. The lowest BCUT2D eigenvalue weighted by Crippen LogP contribution is -2.15. The van der Waals surface area contributed by atoms with E-state index in [1.165, 1.54) is 0 Å². The van der Waals surface area contributed by atoms with Crippen molar-refractivity contribution in [2.24, 2.45) is 5.41 Å². The minimum atomic E-state index is 0.0493. The van der Waals surface area contributed by atoms with Gasteiger partial charge in [-0.15, -0.1) is 6.42 Å². The largest absolute Gasteiger partial charge is 0.383 e. The van der Waals surface area contributed by atoms with Gasteiger partial charge < -0.3 is 4.90 Å². The van der Waals surface area contributed by atoms with Crippen LogP contribution in [0, 0.1) is 17.8 Å². The van der Waals surface area contributed by atoms with Crippen LogP contribution in [0.4, 0.5) is 0 Å². The molecule has 1 heteroatoms. The summed E-state index contributed by atoms with van der Waals surface area (Å²) in [7, 11) is 3.96. The zero-order valence-corrected chi connectivity index (χ0v) is 9.31. The molecule has 0 amide bonds. The fraction of sp³-hybridized carbons (Fsp3) is 0.500. The summed E-state index contributed by atoms with van der Waals surface area (Å²) in [5.41, 5.74) is 1.93. The highest BCUT2D eigenvalue weighted by atomic mass is 15.0. The molecule has 13 heavy (non-hydrogen) atoms.